The van der Waals surface area contributed by atoms with Crippen molar-refractivity contribution in [3.63, 3.8) is 0 Å². The SMILES string of the molecule is c1ccc(-c2nc(-c3ccccc3)nc(-c3ccc4c(c3)oc3ccc(-c5nc(-c6ccccc6)nc(-c6ccc7sc8ccccc8c7c6)n5)cc34)n2)cc1. The van der Waals surface area contributed by atoms with E-state index in [0.717, 1.165) is 55.3 Å². The van der Waals surface area contributed by atoms with Gasteiger partial charge in [-0.05, 0) is 54.6 Å². The lowest BCUT2D eigenvalue weighted by molar-refractivity contribution is 0.669. The second kappa shape index (κ2) is 13.2. The smallest absolute Gasteiger partial charge is 0.164 e. The Morgan fingerprint density at radius 2 is 0.714 bits per heavy atom. The Morgan fingerprint density at radius 3 is 1.29 bits per heavy atom. The highest BCUT2D eigenvalue weighted by Crippen LogP contribution is 2.38. The van der Waals surface area contributed by atoms with Gasteiger partial charge in [-0.15, -0.1) is 11.3 Å². The van der Waals surface area contributed by atoms with Crippen LogP contribution in [0.1, 0.15) is 0 Å². The van der Waals surface area contributed by atoms with E-state index in [4.69, 9.17) is 34.3 Å². The molecule has 0 aliphatic carbocycles. The molecule has 0 radical (unpaired) electrons. The highest BCUT2D eigenvalue weighted by molar-refractivity contribution is 7.25. The Kier molecular flexibility index (Phi) is 7.53. The Labute approximate surface area is 324 Å². The van der Waals surface area contributed by atoms with Gasteiger partial charge < -0.3 is 4.42 Å². The van der Waals surface area contributed by atoms with Gasteiger partial charge in [0.15, 0.2) is 34.9 Å². The first-order valence-electron chi connectivity index (χ1n) is 18.3. The summed E-state index contributed by atoms with van der Waals surface area (Å²) in [7, 11) is 0. The predicted octanol–water partition coefficient (Wildman–Crippen LogP) is 12.3. The van der Waals surface area contributed by atoms with Crippen LogP contribution in [0.25, 0.3) is 110 Å². The lowest BCUT2D eigenvalue weighted by Crippen LogP contribution is -2.00. The molecule has 8 heteroatoms. The Balaban J connectivity index is 1.02. The molecule has 0 atom stereocenters. The van der Waals surface area contributed by atoms with Crippen LogP contribution in [0.15, 0.2) is 174 Å². The summed E-state index contributed by atoms with van der Waals surface area (Å²) in [6, 6.07) is 57.2. The van der Waals surface area contributed by atoms with Crippen LogP contribution < -0.4 is 0 Å². The van der Waals surface area contributed by atoms with E-state index >= 15 is 0 Å². The van der Waals surface area contributed by atoms with Gasteiger partial charge in [-0.1, -0.05) is 115 Å². The number of furan rings is 1. The van der Waals surface area contributed by atoms with Crippen LogP contribution >= 0.6 is 11.3 Å². The fourth-order valence-corrected chi connectivity index (χ4v) is 8.30. The van der Waals surface area contributed by atoms with Gasteiger partial charge in [0.2, 0.25) is 0 Å². The van der Waals surface area contributed by atoms with Crippen molar-refractivity contribution in [2.24, 2.45) is 0 Å². The molecule has 0 unspecified atom stereocenters. The minimum absolute atomic E-state index is 0.570. The topological polar surface area (TPSA) is 90.5 Å². The first kappa shape index (κ1) is 32.0. The van der Waals surface area contributed by atoms with E-state index in [-0.39, 0.29) is 0 Å². The Bertz CT molecular complexity index is 3200. The number of aromatic nitrogens is 6. The molecule has 0 bridgehead atoms. The predicted molar refractivity (Wildman–Crippen MR) is 226 cm³/mol. The molecule has 0 fully saturated rings. The van der Waals surface area contributed by atoms with Crippen molar-refractivity contribution in [3.05, 3.63) is 170 Å². The molecule has 0 aliphatic heterocycles. The number of hydrogen-bond donors (Lipinski definition) is 0. The molecule has 56 heavy (non-hydrogen) atoms. The van der Waals surface area contributed by atoms with Crippen molar-refractivity contribution in [2.45, 2.75) is 0 Å². The van der Waals surface area contributed by atoms with Gasteiger partial charge in [-0.25, -0.2) is 29.9 Å². The van der Waals surface area contributed by atoms with Crippen molar-refractivity contribution in [1.82, 2.24) is 29.9 Å². The lowest BCUT2D eigenvalue weighted by atomic mass is 10.1. The molecule has 0 spiro atoms. The first-order chi connectivity index (χ1) is 27.7. The number of hydrogen-bond acceptors (Lipinski definition) is 8. The van der Waals surface area contributed by atoms with Gasteiger partial charge in [0.05, 0.1) is 0 Å². The van der Waals surface area contributed by atoms with Gasteiger partial charge in [0, 0.05) is 64.3 Å². The van der Waals surface area contributed by atoms with Gasteiger partial charge in [-0.3, -0.25) is 0 Å². The molecule has 7 nitrogen and oxygen atoms in total. The summed E-state index contributed by atoms with van der Waals surface area (Å²) >= 11 is 1.80. The molecule has 7 aromatic carbocycles. The van der Waals surface area contributed by atoms with Gasteiger partial charge in [0.1, 0.15) is 11.2 Å². The second-order valence-electron chi connectivity index (χ2n) is 13.5. The quantitative estimate of drug-likeness (QED) is 0.168. The van der Waals surface area contributed by atoms with Gasteiger partial charge >= 0.3 is 0 Å². The number of rotatable bonds is 6. The van der Waals surface area contributed by atoms with Crippen LogP contribution in [0.3, 0.4) is 0 Å². The molecular weight excluding hydrogens is 709 g/mol. The van der Waals surface area contributed by atoms with E-state index in [1.54, 1.807) is 11.3 Å². The van der Waals surface area contributed by atoms with Crippen LogP contribution in [0.5, 0.6) is 0 Å². The summed E-state index contributed by atoms with van der Waals surface area (Å²) in [6.07, 6.45) is 0. The molecule has 0 N–H and O–H groups in total. The van der Waals surface area contributed by atoms with Crippen molar-refractivity contribution >= 4 is 53.4 Å². The molecule has 262 valence electrons. The summed E-state index contributed by atoms with van der Waals surface area (Å²) in [6.45, 7) is 0. The number of fused-ring (bicyclic) bond motifs is 6. The van der Waals surface area contributed by atoms with E-state index in [9.17, 15) is 0 Å². The third-order valence-corrected chi connectivity index (χ3v) is 11.1. The third-order valence-electron chi connectivity index (χ3n) is 9.99. The van der Waals surface area contributed by atoms with Crippen LogP contribution in [0.4, 0.5) is 0 Å². The van der Waals surface area contributed by atoms with E-state index in [0.29, 0.717) is 34.9 Å². The zero-order valence-corrected chi connectivity index (χ0v) is 30.5. The summed E-state index contributed by atoms with van der Waals surface area (Å²) in [4.78, 5) is 29.8. The zero-order chi connectivity index (χ0) is 37.0. The fraction of sp³-hybridized carbons (Fsp3) is 0. The molecule has 11 aromatic rings. The van der Waals surface area contributed by atoms with Gasteiger partial charge in [-0.2, -0.15) is 0 Å². The molecule has 0 saturated heterocycles. The van der Waals surface area contributed by atoms with Gasteiger partial charge in [0.25, 0.3) is 0 Å². The summed E-state index contributed by atoms with van der Waals surface area (Å²) in [5, 5.41) is 4.36. The number of thiophene rings is 1. The monoisotopic (exact) mass is 736 g/mol. The molecular formula is C48H28N6OS. The average molecular weight is 737 g/mol. The van der Waals surface area contributed by atoms with E-state index in [2.05, 4.69) is 54.6 Å². The summed E-state index contributed by atoms with van der Waals surface area (Å²) in [5.41, 5.74) is 6.89. The number of nitrogens with zero attached hydrogens (tertiary/aromatic N) is 6. The van der Waals surface area contributed by atoms with Crippen LogP contribution in [0, 0.1) is 0 Å². The fourth-order valence-electron chi connectivity index (χ4n) is 7.21. The van der Waals surface area contributed by atoms with Crippen molar-refractivity contribution in [2.75, 3.05) is 0 Å². The van der Waals surface area contributed by atoms with Crippen molar-refractivity contribution in [3.8, 4) is 68.3 Å². The third kappa shape index (κ3) is 5.68. The molecule has 11 rings (SSSR count). The molecule has 4 heterocycles. The summed E-state index contributed by atoms with van der Waals surface area (Å²) in [5.74, 6) is 3.61. The van der Waals surface area contributed by atoms with Crippen molar-refractivity contribution in [1.29, 1.82) is 0 Å². The average Bonchev–Trinajstić information content (AvgIpc) is 3.84. The molecule has 4 aromatic heterocycles. The second-order valence-corrected chi connectivity index (χ2v) is 14.6. The molecule has 0 amide bonds. The normalized spacial score (nSPS) is 11.6. The van der Waals surface area contributed by atoms with E-state index in [1.807, 2.05) is 115 Å². The first-order valence-corrected chi connectivity index (χ1v) is 19.1. The summed E-state index contributed by atoms with van der Waals surface area (Å²) < 4.78 is 8.96. The zero-order valence-electron chi connectivity index (χ0n) is 29.7. The Hall–Kier alpha value is -7.42. The molecule has 0 saturated carbocycles. The Morgan fingerprint density at radius 1 is 0.286 bits per heavy atom. The number of benzene rings is 7. The van der Waals surface area contributed by atoms with Crippen molar-refractivity contribution < 1.29 is 4.42 Å². The standard InChI is InChI=1S/C48H28N6OS/c1-4-12-29(13-5-1)43-49-44(30-14-6-2-7-15-30)53-48(52-43)34-20-23-35-37-26-32(21-24-39(37)55-40(35)28-34)46-50-45(31-16-8-3-9-17-31)51-47(54-46)33-22-25-42-38(27-33)36-18-10-11-19-41(36)56-42/h1-28H. The van der Waals surface area contributed by atoms with Crippen LogP contribution in [-0.4, -0.2) is 29.9 Å². The van der Waals surface area contributed by atoms with Crippen LogP contribution in [-0.2, 0) is 0 Å². The van der Waals surface area contributed by atoms with E-state index in [1.165, 1.54) is 20.2 Å². The lowest BCUT2D eigenvalue weighted by Gasteiger charge is -2.09. The highest BCUT2D eigenvalue weighted by atomic mass is 32.1. The maximum absolute atomic E-state index is 6.47. The molecule has 0 aliphatic rings. The van der Waals surface area contributed by atoms with Crippen LogP contribution in [0.2, 0.25) is 0 Å². The highest BCUT2D eigenvalue weighted by Gasteiger charge is 2.18. The minimum atomic E-state index is 0.570. The maximum Gasteiger partial charge on any atom is 0.164 e. The maximum atomic E-state index is 6.47. The minimum Gasteiger partial charge on any atom is -0.456 e. The largest absolute Gasteiger partial charge is 0.456 e. The van der Waals surface area contributed by atoms with E-state index < -0.39 is 0 Å².